The summed E-state index contributed by atoms with van der Waals surface area (Å²) >= 11 is 3.42. The van der Waals surface area contributed by atoms with Crippen molar-refractivity contribution in [1.82, 2.24) is 20.1 Å². The van der Waals surface area contributed by atoms with Crippen LogP contribution in [0.15, 0.2) is 40.0 Å². The van der Waals surface area contributed by atoms with E-state index in [0.717, 1.165) is 17.9 Å². The minimum Gasteiger partial charge on any atom is -0.380 e. The van der Waals surface area contributed by atoms with E-state index in [1.807, 2.05) is 12.1 Å². The highest BCUT2D eigenvalue weighted by Crippen LogP contribution is 2.61. The van der Waals surface area contributed by atoms with Gasteiger partial charge in [0.15, 0.2) is 0 Å². The summed E-state index contributed by atoms with van der Waals surface area (Å²) in [7, 11) is 0. The van der Waals surface area contributed by atoms with Crippen molar-refractivity contribution in [1.29, 1.82) is 0 Å². The van der Waals surface area contributed by atoms with Crippen LogP contribution < -0.4 is 16.2 Å². The zero-order chi connectivity index (χ0) is 21.5. The lowest BCUT2D eigenvalue weighted by Crippen LogP contribution is -2.58. The van der Waals surface area contributed by atoms with Crippen molar-refractivity contribution < 1.29 is 4.79 Å². The highest BCUT2D eigenvalue weighted by molar-refractivity contribution is 9.10. The normalized spacial score (nSPS) is 26.5. The van der Waals surface area contributed by atoms with Gasteiger partial charge in [-0.25, -0.2) is 4.68 Å². The Morgan fingerprint density at radius 2 is 2.13 bits per heavy atom. The number of carbonyl (C=O) groups excluding carboxylic acids is 1. The largest absolute Gasteiger partial charge is 0.380 e. The molecule has 5 rings (SSSR count). The molecule has 3 aliphatic carbocycles. The van der Waals surface area contributed by atoms with Crippen LogP contribution in [-0.2, 0) is 17.9 Å². The number of anilines is 1. The van der Waals surface area contributed by atoms with Crippen molar-refractivity contribution in [2.45, 2.75) is 52.7 Å². The zero-order valence-electron chi connectivity index (χ0n) is 17.6. The Bertz CT molecular complexity index is 991. The fourth-order valence-electron chi connectivity index (χ4n) is 5.11. The van der Waals surface area contributed by atoms with Crippen LogP contribution in [0.25, 0.3) is 0 Å². The number of halogens is 1. The number of nitrogens with zero attached hydrogens (tertiary/aromatic N) is 3. The first-order chi connectivity index (χ1) is 14.3. The minimum atomic E-state index is -0.314. The Labute approximate surface area is 184 Å². The van der Waals surface area contributed by atoms with Crippen LogP contribution in [-0.4, -0.2) is 26.7 Å². The van der Waals surface area contributed by atoms with Gasteiger partial charge in [-0.05, 0) is 63.6 Å². The first-order valence-corrected chi connectivity index (χ1v) is 11.2. The van der Waals surface area contributed by atoms with Gasteiger partial charge >= 0.3 is 0 Å². The van der Waals surface area contributed by atoms with Crippen LogP contribution in [0, 0.1) is 23.2 Å². The quantitative estimate of drug-likeness (QED) is 0.672. The van der Waals surface area contributed by atoms with E-state index in [-0.39, 0.29) is 18.0 Å². The number of amides is 1. The number of carbonyl (C=O) groups is 1. The molecule has 1 amide bonds. The molecule has 160 valence electrons. The molecule has 2 aromatic heterocycles. The fourth-order valence-corrected chi connectivity index (χ4v) is 5.54. The molecule has 0 spiro atoms. The second-order valence-electron chi connectivity index (χ2n) is 9.18. The first kappa shape index (κ1) is 21.0. The summed E-state index contributed by atoms with van der Waals surface area (Å²) in [6.07, 6.45) is 7.43. The molecule has 7 nitrogen and oxygen atoms in total. The van der Waals surface area contributed by atoms with E-state index in [9.17, 15) is 9.59 Å². The van der Waals surface area contributed by atoms with Gasteiger partial charge < -0.3 is 10.6 Å². The molecule has 3 saturated carbocycles. The summed E-state index contributed by atoms with van der Waals surface area (Å²) in [4.78, 5) is 29.0. The van der Waals surface area contributed by atoms with E-state index in [1.165, 1.54) is 11.1 Å². The molecule has 2 aromatic rings. The molecule has 8 heteroatoms. The smallest absolute Gasteiger partial charge is 0.283 e. The van der Waals surface area contributed by atoms with E-state index >= 15 is 0 Å². The third-order valence-corrected chi connectivity index (χ3v) is 7.95. The van der Waals surface area contributed by atoms with E-state index in [4.69, 9.17) is 0 Å². The SMILES string of the molecule is C[C@@H]1[C@H]2C[C@@H](C[C@H]1Nc1cnn(CC(=O)NCc3cccnc3)c(=O)c1Br)C2(C)C. The lowest BCUT2D eigenvalue weighted by Gasteiger charge is -2.62. The average Bonchev–Trinajstić information content (AvgIpc) is 2.73. The number of nitrogens with one attached hydrogen (secondary N) is 2. The molecule has 0 aliphatic heterocycles. The topological polar surface area (TPSA) is 88.9 Å². The van der Waals surface area contributed by atoms with Crippen molar-refractivity contribution >= 4 is 27.5 Å². The van der Waals surface area contributed by atoms with Crippen molar-refractivity contribution in [3.05, 3.63) is 51.1 Å². The van der Waals surface area contributed by atoms with Gasteiger partial charge in [0.05, 0.1) is 11.9 Å². The van der Waals surface area contributed by atoms with E-state index < -0.39 is 0 Å². The first-order valence-electron chi connectivity index (χ1n) is 10.4. The van der Waals surface area contributed by atoms with Gasteiger partial charge in [-0.3, -0.25) is 14.6 Å². The lowest BCUT2D eigenvalue weighted by molar-refractivity contribution is -0.122. The Hall–Kier alpha value is -2.22. The third kappa shape index (κ3) is 3.89. The summed E-state index contributed by atoms with van der Waals surface area (Å²) in [5, 5.41) is 10.5. The molecule has 3 aliphatic rings. The zero-order valence-corrected chi connectivity index (χ0v) is 19.1. The second-order valence-corrected chi connectivity index (χ2v) is 9.97. The Morgan fingerprint density at radius 3 is 2.80 bits per heavy atom. The van der Waals surface area contributed by atoms with E-state index in [0.29, 0.717) is 40.0 Å². The van der Waals surface area contributed by atoms with Gasteiger partial charge in [-0.15, -0.1) is 0 Å². The van der Waals surface area contributed by atoms with Gasteiger partial charge in [-0.2, -0.15) is 5.10 Å². The van der Waals surface area contributed by atoms with Gasteiger partial charge in [0, 0.05) is 25.0 Å². The molecular formula is C22H28BrN5O2. The van der Waals surface area contributed by atoms with Gasteiger partial charge in [-0.1, -0.05) is 26.8 Å². The monoisotopic (exact) mass is 473 g/mol. The van der Waals surface area contributed by atoms with Crippen molar-refractivity contribution in [2.24, 2.45) is 23.2 Å². The summed E-state index contributed by atoms with van der Waals surface area (Å²) < 4.78 is 1.60. The number of rotatable bonds is 6. The second kappa shape index (κ2) is 8.13. The Balaban J connectivity index is 1.39. The van der Waals surface area contributed by atoms with Crippen LogP contribution >= 0.6 is 15.9 Å². The molecule has 0 aromatic carbocycles. The maximum absolute atomic E-state index is 12.7. The molecule has 30 heavy (non-hydrogen) atoms. The fraction of sp³-hybridized carbons (Fsp3) is 0.545. The summed E-state index contributed by atoms with van der Waals surface area (Å²) in [6.45, 7) is 7.28. The molecule has 0 unspecified atom stereocenters. The highest BCUT2D eigenvalue weighted by atomic mass is 79.9. The molecule has 2 N–H and O–H groups in total. The van der Waals surface area contributed by atoms with E-state index in [1.54, 1.807) is 18.6 Å². The molecule has 4 atom stereocenters. The standard InChI is InChI=1S/C22H28BrN5O2/c1-13-16-7-15(22(16,2)3)8-17(13)27-18-11-26-28(21(30)20(18)23)12-19(29)25-10-14-5-4-6-24-9-14/h4-6,9,11,13,15-17,27H,7-8,10,12H2,1-3H3,(H,25,29)/t13-,15+,16-,17-/m1/s1. The number of aromatic nitrogens is 3. The van der Waals surface area contributed by atoms with E-state index in [2.05, 4.69) is 57.4 Å². The van der Waals surface area contributed by atoms with Crippen LogP contribution in [0.1, 0.15) is 39.2 Å². The van der Waals surface area contributed by atoms with Crippen LogP contribution in [0.5, 0.6) is 0 Å². The molecule has 2 heterocycles. The van der Waals surface area contributed by atoms with Crippen molar-refractivity contribution in [3.8, 4) is 0 Å². The average molecular weight is 474 g/mol. The summed E-state index contributed by atoms with van der Waals surface area (Å²) in [5.41, 5.74) is 1.70. The van der Waals surface area contributed by atoms with Crippen molar-refractivity contribution in [3.63, 3.8) is 0 Å². The number of hydrogen-bond donors (Lipinski definition) is 2. The van der Waals surface area contributed by atoms with Gasteiger partial charge in [0.1, 0.15) is 11.0 Å². The van der Waals surface area contributed by atoms with Crippen LogP contribution in [0.2, 0.25) is 0 Å². The summed E-state index contributed by atoms with van der Waals surface area (Å²) in [6, 6.07) is 4.03. The van der Waals surface area contributed by atoms with Crippen LogP contribution in [0.3, 0.4) is 0 Å². The van der Waals surface area contributed by atoms with Crippen molar-refractivity contribution in [2.75, 3.05) is 5.32 Å². The summed E-state index contributed by atoms with van der Waals surface area (Å²) in [5.74, 6) is 1.71. The van der Waals surface area contributed by atoms with Crippen LogP contribution in [0.4, 0.5) is 5.69 Å². The predicted octanol–water partition coefficient (Wildman–Crippen LogP) is 3.20. The molecule has 2 bridgehead atoms. The number of pyridine rings is 1. The third-order valence-electron chi connectivity index (χ3n) is 7.19. The number of fused-ring (bicyclic) bond motifs is 2. The predicted molar refractivity (Wildman–Crippen MR) is 119 cm³/mol. The lowest BCUT2D eigenvalue weighted by atomic mass is 9.45. The maximum Gasteiger partial charge on any atom is 0.283 e. The highest BCUT2D eigenvalue weighted by Gasteiger charge is 2.56. The molecule has 0 saturated heterocycles. The maximum atomic E-state index is 12.7. The van der Waals surface area contributed by atoms with Gasteiger partial charge in [0.2, 0.25) is 5.91 Å². The molecular weight excluding hydrogens is 446 g/mol. The Morgan fingerprint density at radius 1 is 1.33 bits per heavy atom. The number of hydrogen-bond acceptors (Lipinski definition) is 5. The molecule has 3 fully saturated rings. The van der Waals surface area contributed by atoms with Gasteiger partial charge in [0.25, 0.3) is 5.56 Å². The Kier molecular flexibility index (Phi) is 5.70. The minimum absolute atomic E-state index is 0.129. The molecule has 0 radical (unpaired) electrons.